The van der Waals surface area contributed by atoms with Gasteiger partial charge in [0.1, 0.15) is 11.7 Å². The van der Waals surface area contributed by atoms with Crippen LogP contribution in [0.25, 0.3) is 0 Å². The second-order valence-electron chi connectivity index (χ2n) is 6.80. The van der Waals surface area contributed by atoms with Gasteiger partial charge in [-0.3, -0.25) is 4.79 Å². The molecule has 0 saturated carbocycles. The number of nitrogens with zero attached hydrogens (tertiary/aromatic N) is 3. The van der Waals surface area contributed by atoms with Crippen LogP contribution in [0, 0.1) is 12.8 Å². The van der Waals surface area contributed by atoms with Crippen molar-refractivity contribution in [2.45, 2.75) is 45.6 Å². The molecule has 2 aromatic rings. The summed E-state index contributed by atoms with van der Waals surface area (Å²) in [4.78, 5) is 34.9. The van der Waals surface area contributed by atoms with E-state index < -0.39 is 17.6 Å². The second-order valence-corrected chi connectivity index (χ2v) is 6.80. The molecule has 26 heavy (non-hydrogen) atoms. The molecule has 1 aliphatic rings. The molecule has 0 unspecified atom stereocenters. The third kappa shape index (κ3) is 4.16. The third-order valence-corrected chi connectivity index (χ3v) is 4.38. The van der Waals surface area contributed by atoms with Crippen molar-refractivity contribution in [3.63, 3.8) is 0 Å². The summed E-state index contributed by atoms with van der Waals surface area (Å²) in [6.07, 6.45) is 1.54. The Balaban J connectivity index is 1.86. The molecule has 0 aliphatic carbocycles. The van der Waals surface area contributed by atoms with Gasteiger partial charge in [0.05, 0.1) is 0 Å². The van der Waals surface area contributed by atoms with E-state index >= 15 is 0 Å². The average molecular weight is 361 g/mol. The van der Waals surface area contributed by atoms with E-state index in [1.165, 1.54) is 6.07 Å². The second kappa shape index (κ2) is 7.77. The third-order valence-electron chi connectivity index (χ3n) is 4.38. The van der Waals surface area contributed by atoms with Gasteiger partial charge in [-0.15, -0.1) is 0 Å². The van der Waals surface area contributed by atoms with E-state index in [9.17, 15) is 9.59 Å². The number of aryl methyl sites for hydroxylation is 1. The minimum atomic E-state index is -0.558. The Hall–Kier alpha value is -2.55. The molecule has 9 nitrogen and oxygen atoms in total. The number of rotatable bonds is 5. The van der Waals surface area contributed by atoms with E-state index in [0.29, 0.717) is 30.6 Å². The molecule has 0 bridgehead atoms. The van der Waals surface area contributed by atoms with Gasteiger partial charge in [0.15, 0.2) is 5.82 Å². The van der Waals surface area contributed by atoms with Gasteiger partial charge in [0.2, 0.25) is 5.89 Å². The predicted octanol–water partition coefficient (Wildman–Crippen LogP) is 1.48. The van der Waals surface area contributed by atoms with E-state index in [2.05, 4.69) is 25.4 Å². The summed E-state index contributed by atoms with van der Waals surface area (Å²) in [5, 5.41) is 6.92. The molecule has 1 amide bonds. The highest BCUT2D eigenvalue weighted by Crippen LogP contribution is 2.30. The number of hydrogen-bond donors (Lipinski definition) is 2. The maximum absolute atomic E-state index is 12.7. The van der Waals surface area contributed by atoms with Crippen LogP contribution in [0.15, 0.2) is 15.4 Å². The van der Waals surface area contributed by atoms with Crippen LogP contribution in [0.5, 0.6) is 0 Å². The number of hydrogen-bond acceptors (Lipinski definition) is 7. The van der Waals surface area contributed by atoms with Crippen molar-refractivity contribution in [2.75, 3.05) is 13.2 Å². The summed E-state index contributed by atoms with van der Waals surface area (Å²) in [5.74, 6) is 0.749. The highest BCUT2D eigenvalue weighted by Gasteiger charge is 2.32. The van der Waals surface area contributed by atoms with Gasteiger partial charge >= 0.3 is 5.69 Å². The van der Waals surface area contributed by atoms with Crippen LogP contribution in [0.4, 0.5) is 0 Å². The lowest BCUT2D eigenvalue weighted by Gasteiger charge is -2.28. The van der Waals surface area contributed by atoms with Crippen LogP contribution >= 0.6 is 0 Å². The number of aromatic nitrogens is 4. The van der Waals surface area contributed by atoms with Crippen LogP contribution in [-0.4, -0.2) is 39.2 Å². The smallest absolute Gasteiger partial charge is 0.345 e. The first kappa shape index (κ1) is 18.2. The van der Waals surface area contributed by atoms with Gasteiger partial charge in [-0.1, -0.05) is 19.0 Å². The summed E-state index contributed by atoms with van der Waals surface area (Å²) >= 11 is 0. The lowest BCUT2D eigenvalue weighted by Crippen LogP contribution is -2.37. The number of H-pyrrole nitrogens is 1. The summed E-state index contributed by atoms with van der Waals surface area (Å²) < 4.78 is 10.8. The Kier molecular flexibility index (Phi) is 5.46. The van der Waals surface area contributed by atoms with Crippen LogP contribution in [0.3, 0.4) is 0 Å². The zero-order valence-corrected chi connectivity index (χ0v) is 15.1. The SMILES string of the molecule is Cc1cc(C(=O)N[C@H](c2nc(C(C)C)no2)C2CCOCC2)nc(=O)[nH]1. The van der Waals surface area contributed by atoms with Crippen LogP contribution in [0.1, 0.15) is 66.5 Å². The van der Waals surface area contributed by atoms with Crippen molar-refractivity contribution < 1.29 is 14.1 Å². The van der Waals surface area contributed by atoms with Gasteiger partial charge in [0.25, 0.3) is 5.91 Å². The molecule has 0 aromatic carbocycles. The maximum atomic E-state index is 12.7. The highest BCUT2D eigenvalue weighted by molar-refractivity contribution is 5.92. The minimum Gasteiger partial charge on any atom is -0.381 e. The molecule has 1 atom stereocenters. The fourth-order valence-corrected chi connectivity index (χ4v) is 2.95. The molecule has 140 valence electrons. The Morgan fingerprint density at radius 3 is 2.65 bits per heavy atom. The number of carbonyl (C=O) groups excluding carboxylic acids is 1. The largest absolute Gasteiger partial charge is 0.381 e. The van der Waals surface area contributed by atoms with Crippen LogP contribution < -0.4 is 11.0 Å². The first-order valence-electron chi connectivity index (χ1n) is 8.74. The van der Waals surface area contributed by atoms with E-state index in [1.807, 2.05) is 13.8 Å². The van der Waals surface area contributed by atoms with Crippen LogP contribution in [0.2, 0.25) is 0 Å². The zero-order chi connectivity index (χ0) is 18.7. The standard InChI is InChI=1S/C17H23N5O4/c1-9(2)14-21-16(26-22-14)13(11-4-6-25-7-5-11)20-15(23)12-8-10(3)18-17(24)19-12/h8-9,11,13H,4-7H2,1-3H3,(H,20,23)(H,18,19,24)/t13-/m0/s1. The number of ether oxygens (including phenoxy) is 1. The van der Waals surface area contributed by atoms with Gasteiger partial charge in [-0.05, 0) is 31.7 Å². The minimum absolute atomic E-state index is 0.0620. The van der Waals surface area contributed by atoms with Gasteiger partial charge in [-0.2, -0.15) is 9.97 Å². The average Bonchev–Trinajstić information content (AvgIpc) is 3.09. The van der Waals surface area contributed by atoms with Crippen LogP contribution in [-0.2, 0) is 4.74 Å². The first-order valence-corrected chi connectivity index (χ1v) is 8.74. The number of nitrogens with one attached hydrogen (secondary N) is 2. The Morgan fingerprint density at radius 2 is 2.04 bits per heavy atom. The van der Waals surface area contributed by atoms with Gasteiger partial charge < -0.3 is 19.6 Å². The lowest BCUT2D eigenvalue weighted by atomic mass is 9.91. The van der Waals surface area contributed by atoms with E-state index in [-0.39, 0.29) is 17.5 Å². The number of aromatic amines is 1. The Labute approximate surface area is 150 Å². The van der Waals surface area contributed by atoms with E-state index in [4.69, 9.17) is 9.26 Å². The molecular formula is C17H23N5O4. The first-order chi connectivity index (χ1) is 12.4. The summed E-state index contributed by atoms with van der Waals surface area (Å²) in [6, 6.07) is 1.08. The molecule has 2 aromatic heterocycles. The van der Waals surface area contributed by atoms with Gasteiger partial charge in [-0.25, -0.2) is 4.79 Å². The molecular weight excluding hydrogens is 338 g/mol. The van der Waals surface area contributed by atoms with Crippen molar-refractivity contribution in [3.05, 3.63) is 39.7 Å². The maximum Gasteiger partial charge on any atom is 0.345 e. The van der Waals surface area contributed by atoms with Crippen molar-refractivity contribution in [1.29, 1.82) is 0 Å². The molecule has 1 fully saturated rings. The molecule has 2 N–H and O–H groups in total. The molecule has 3 rings (SSSR count). The van der Waals surface area contributed by atoms with Crippen molar-refractivity contribution in [3.8, 4) is 0 Å². The molecule has 0 spiro atoms. The number of amides is 1. The Bertz CT molecular complexity index is 823. The molecule has 1 saturated heterocycles. The molecule has 9 heteroatoms. The summed E-state index contributed by atoms with van der Waals surface area (Å²) in [6.45, 7) is 6.87. The molecule has 0 radical (unpaired) electrons. The van der Waals surface area contributed by atoms with E-state index in [0.717, 1.165) is 12.8 Å². The van der Waals surface area contributed by atoms with E-state index in [1.54, 1.807) is 6.92 Å². The van der Waals surface area contributed by atoms with Crippen molar-refractivity contribution in [2.24, 2.45) is 5.92 Å². The normalized spacial score (nSPS) is 16.6. The predicted molar refractivity (Wildman–Crippen MR) is 91.7 cm³/mol. The quantitative estimate of drug-likeness (QED) is 0.827. The molecule has 3 heterocycles. The number of carbonyl (C=O) groups is 1. The summed E-state index contributed by atoms with van der Waals surface area (Å²) in [7, 11) is 0. The van der Waals surface area contributed by atoms with Crippen molar-refractivity contribution in [1.82, 2.24) is 25.4 Å². The van der Waals surface area contributed by atoms with Gasteiger partial charge in [0, 0.05) is 24.8 Å². The fourth-order valence-electron chi connectivity index (χ4n) is 2.95. The highest BCUT2D eigenvalue weighted by atomic mass is 16.5. The van der Waals surface area contributed by atoms with Crippen molar-refractivity contribution >= 4 is 5.91 Å². The zero-order valence-electron chi connectivity index (χ0n) is 15.1. The fraction of sp³-hybridized carbons (Fsp3) is 0.588. The summed E-state index contributed by atoms with van der Waals surface area (Å²) in [5.41, 5.74) is 0.0715. The lowest BCUT2D eigenvalue weighted by molar-refractivity contribution is 0.0467. The topological polar surface area (TPSA) is 123 Å². The Morgan fingerprint density at radius 1 is 1.31 bits per heavy atom. The molecule has 1 aliphatic heterocycles. The monoisotopic (exact) mass is 361 g/mol.